The van der Waals surface area contributed by atoms with Crippen LogP contribution in [0.2, 0.25) is 0 Å². The third-order valence-corrected chi connectivity index (χ3v) is 4.75. The second-order valence-corrected chi connectivity index (χ2v) is 7.06. The molecule has 0 aliphatic rings. The van der Waals surface area contributed by atoms with Crippen LogP contribution in [0, 0.1) is 13.8 Å². The van der Waals surface area contributed by atoms with Gasteiger partial charge in [0.2, 0.25) is 5.91 Å². The monoisotopic (exact) mass is 426 g/mol. The molecular formula is C20H19BrN4O2. The van der Waals surface area contributed by atoms with E-state index in [4.69, 9.17) is 0 Å². The minimum absolute atomic E-state index is 0.159. The van der Waals surface area contributed by atoms with E-state index in [1.54, 1.807) is 29.1 Å². The van der Waals surface area contributed by atoms with Crippen molar-refractivity contribution < 1.29 is 9.59 Å². The number of rotatable bonds is 4. The van der Waals surface area contributed by atoms with Gasteiger partial charge in [0.25, 0.3) is 5.91 Å². The van der Waals surface area contributed by atoms with Crippen molar-refractivity contribution in [1.29, 1.82) is 0 Å². The van der Waals surface area contributed by atoms with Crippen LogP contribution < -0.4 is 10.6 Å². The molecular weight excluding hydrogens is 408 g/mol. The van der Waals surface area contributed by atoms with Gasteiger partial charge in [0.05, 0.1) is 23.1 Å². The molecule has 1 heterocycles. The molecule has 0 fully saturated rings. The molecule has 3 aromatic rings. The van der Waals surface area contributed by atoms with Crippen LogP contribution >= 0.6 is 15.9 Å². The number of aromatic nitrogens is 2. The Balaban J connectivity index is 1.86. The first-order chi connectivity index (χ1) is 12.9. The van der Waals surface area contributed by atoms with Crippen LogP contribution in [0.25, 0.3) is 5.69 Å². The van der Waals surface area contributed by atoms with Crippen LogP contribution in [0.1, 0.15) is 28.5 Å². The van der Waals surface area contributed by atoms with Gasteiger partial charge in [0.15, 0.2) is 0 Å². The van der Waals surface area contributed by atoms with Crippen LogP contribution in [0.3, 0.4) is 0 Å². The van der Waals surface area contributed by atoms with Crippen LogP contribution in [0.4, 0.5) is 11.4 Å². The predicted molar refractivity (Wildman–Crippen MR) is 109 cm³/mol. The highest BCUT2D eigenvalue weighted by Gasteiger charge is 2.16. The SMILES string of the molecule is CC(=O)Nc1cccc(NC(=O)c2cnn(-c3ccc(Br)cc3)c2C)c1C. The molecule has 0 radical (unpaired) electrons. The van der Waals surface area contributed by atoms with Gasteiger partial charge in [-0.25, -0.2) is 4.68 Å². The molecule has 1 aromatic heterocycles. The van der Waals surface area contributed by atoms with E-state index in [9.17, 15) is 9.59 Å². The highest BCUT2D eigenvalue weighted by Crippen LogP contribution is 2.24. The van der Waals surface area contributed by atoms with Crippen molar-refractivity contribution in [2.24, 2.45) is 0 Å². The van der Waals surface area contributed by atoms with Gasteiger partial charge in [0.1, 0.15) is 0 Å². The summed E-state index contributed by atoms with van der Waals surface area (Å²) in [6.07, 6.45) is 1.56. The number of carbonyl (C=O) groups excluding carboxylic acids is 2. The molecule has 0 saturated carbocycles. The number of nitrogens with one attached hydrogen (secondary N) is 2. The molecule has 2 aromatic carbocycles. The lowest BCUT2D eigenvalue weighted by Crippen LogP contribution is -2.15. The largest absolute Gasteiger partial charge is 0.326 e. The van der Waals surface area contributed by atoms with Crippen LogP contribution in [0.5, 0.6) is 0 Å². The van der Waals surface area contributed by atoms with Crippen molar-refractivity contribution >= 4 is 39.1 Å². The van der Waals surface area contributed by atoms with Crippen LogP contribution in [-0.2, 0) is 4.79 Å². The summed E-state index contributed by atoms with van der Waals surface area (Å²) < 4.78 is 2.70. The Morgan fingerprint density at radius 2 is 1.63 bits per heavy atom. The molecule has 27 heavy (non-hydrogen) atoms. The maximum absolute atomic E-state index is 12.8. The first-order valence-electron chi connectivity index (χ1n) is 8.36. The molecule has 0 atom stereocenters. The first-order valence-corrected chi connectivity index (χ1v) is 9.15. The quantitative estimate of drug-likeness (QED) is 0.646. The minimum Gasteiger partial charge on any atom is -0.326 e. The molecule has 138 valence electrons. The molecule has 7 heteroatoms. The zero-order valence-corrected chi connectivity index (χ0v) is 16.8. The van der Waals surface area contributed by atoms with Gasteiger partial charge in [-0.2, -0.15) is 5.10 Å². The Hall–Kier alpha value is -2.93. The summed E-state index contributed by atoms with van der Waals surface area (Å²) in [4.78, 5) is 24.1. The van der Waals surface area contributed by atoms with Crippen molar-refractivity contribution in [3.05, 3.63) is 70.0 Å². The fraction of sp³-hybridized carbons (Fsp3) is 0.150. The standard InChI is InChI=1S/C20H19BrN4O2/c1-12-18(23-14(3)26)5-4-6-19(12)24-20(27)17-11-22-25(13(17)2)16-9-7-15(21)8-10-16/h4-11H,1-3H3,(H,23,26)(H,24,27). The van der Waals surface area contributed by atoms with Gasteiger partial charge >= 0.3 is 0 Å². The molecule has 6 nitrogen and oxygen atoms in total. The number of halogens is 1. The lowest BCUT2D eigenvalue weighted by atomic mass is 10.1. The number of hydrogen-bond donors (Lipinski definition) is 2. The van der Waals surface area contributed by atoms with E-state index >= 15 is 0 Å². The Labute approximate surface area is 165 Å². The van der Waals surface area contributed by atoms with Gasteiger partial charge in [0, 0.05) is 22.8 Å². The maximum Gasteiger partial charge on any atom is 0.259 e. The topological polar surface area (TPSA) is 76.0 Å². The van der Waals surface area contributed by atoms with Crippen molar-refractivity contribution in [3.8, 4) is 5.69 Å². The summed E-state index contributed by atoms with van der Waals surface area (Å²) in [5, 5.41) is 10.0. The van der Waals surface area contributed by atoms with Gasteiger partial charge < -0.3 is 10.6 Å². The molecule has 0 spiro atoms. The van der Waals surface area contributed by atoms with Gasteiger partial charge in [-0.05, 0) is 55.8 Å². The summed E-state index contributed by atoms with van der Waals surface area (Å²) in [7, 11) is 0. The van der Waals surface area contributed by atoms with E-state index in [2.05, 4.69) is 31.7 Å². The summed E-state index contributed by atoms with van der Waals surface area (Å²) >= 11 is 3.41. The van der Waals surface area contributed by atoms with Gasteiger partial charge in [-0.1, -0.05) is 22.0 Å². The number of hydrogen-bond acceptors (Lipinski definition) is 3. The lowest BCUT2D eigenvalue weighted by molar-refractivity contribution is -0.114. The Kier molecular flexibility index (Phi) is 5.41. The Morgan fingerprint density at radius 3 is 2.26 bits per heavy atom. The van der Waals surface area contributed by atoms with Crippen molar-refractivity contribution in [1.82, 2.24) is 9.78 Å². The van der Waals surface area contributed by atoms with Crippen molar-refractivity contribution in [2.45, 2.75) is 20.8 Å². The maximum atomic E-state index is 12.8. The molecule has 0 aliphatic heterocycles. The molecule has 0 bridgehead atoms. The fourth-order valence-electron chi connectivity index (χ4n) is 2.76. The smallest absolute Gasteiger partial charge is 0.259 e. The molecule has 0 saturated heterocycles. The van der Waals surface area contributed by atoms with E-state index in [1.807, 2.05) is 38.1 Å². The second kappa shape index (κ2) is 7.75. The average molecular weight is 427 g/mol. The summed E-state index contributed by atoms with van der Waals surface area (Å²) in [5.41, 5.74) is 4.20. The summed E-state index contributed by atoms with van der Waals surface area (Å²) in [6.45, 7) is 5.15. The highest BCUT2D eigenvalue weighted by molar-refractivity contribution is 9.10. The van der Waals surface area contributed by atoms with Crippen molar-refractivity contribution in [3.63, 3.8) is 0 Å². The van der Waals surface area contributed by atoms with Gasteiger partial charge in [-0.15, -0.1) is 0 Å². The third-order valence-electron chi connectivity index (χ3n) is 4.22. The van der Waals surface area contributed by atoms with Crippen LogP contribution in [-0.4, -0.2) is 21.6 Å². The normalized spacial score (nSPS) is 10.5. The fourth-order valence-corrected chi connectivity index (χ4v) is 3.03. The van der Waals surface area contributed by atoms with Crippen molar-refractivity contribution in [2.75, 3.05) is 10.6 Å². The average Bonchev–Trinajstić information content (AvgIpc) is 3.00. The highest BCUT2D eigenvalue weighted by atomic mass is 79.9. The third kappa shape index (κ3) is 4.09. The first kappa shape index (κ1) is 18.8. The number of amides is 2. The minimum atomic E-state index is -0.251. The predicted octanol–water partition coefficient (Wildman–Crippen LogP) is 4.46. The number of carbonyl (C=O) groups is 2. The van der Waals surface area contributed by atoms with E-state index < -0.39 is 0 Å². The summed E-state index contributed by atoms with van der Waals surface area (Å²) in [5.74, 6) is -0.410. The Morgan fingerprint density at radius 1 is 1.00 bits per heavy atom. The van der Waals surface area contributed by atoms with E-state index in [0.29, 0.717) is 16.9 Å². The Bertz CT molecular complexity index is 1010. The zero-order valence-electron chi connectivity index (χ0n) is 15.2. The second-order valence-electron chi connectivity index (χ2n) is 6.15. The summed E-state index contributed by atoms with van der Waals surface area (Å²) in [6, 6.07) is 13.1. The molecule has 2 amide bonds. The van der Waals surface area contributed by atoms with E-state index in [-0.39, 0.29) is 11.8 Å². The van der Waals surface area contributed by atoms with Gasteiger partial charge in [-0.3, -0.25) is 9.59 Å². The number of benzene rings is 2. The molecule has 3 rings (SSSR count). The van der Waals surface area contributed by atoms with Crippen LogP contribution in [0.15, 0.2) is 53.1 Å². The molecule has 0 unspecified atom stereocenters. The van der Waals surface area contributed by atoms with E-state index in [0.717, 1.165) is 21.4 Å². The molecule has 2 N–H and O–H groups in total. The lowest BCUT2D eigenvalue weighted by Gasteiger charge is -2.12. The zero-order chi connectivity index (χ0) is 19.6. The number of anilines is 2. The van der Waals surface area contributed by atoms with E-state index in [1.165, 1.54) is 6.92 Å². The number of nitrogens with zero attached hydrogens (tertiary/aromatic N) is 2. The molecule has 0 aliphatic carbocycles.